The number of fused-ring (bicyclic) bond motifs is 1. The monoisotopic (exact) mass is 452 g/mol. The van der Waals surface area contributed by atoms with Crippen molar-refractivity contribution in [2.75, 3.05) is 11.0 Å². The molecule has 1 atom stereocenters. The molecule has 0 bridgehead atoms. The third-order valence-electron chi connectivity index (χ3n) is 4.75. The van der Waals surface area contributed by atoms with Crippen LogP contribution in [0.5, 0.6) is 0 Å². The highest BCUT2D eigenvalue weighted by atomic mass is 32.2. The van der Waals surface area contributed by atoms with Crippen LogP contribution in [0, 0.1) is 0 Å². The van der Waals surface area contributed by atoms with Crippen LogP contribution in [0.3, 0.4) is 0 Å². The predicted octanol–water partition coefficient (Wildman–Crippen LogP) is 5.53. The second-order valence-corrected chi connectivity index (χ2v) is 10.3. The molecule has 0 aliphatic carbocycles. The highest BCUT2D eigenvalue weighted by Crippen LogP contribution is 2.29. The van der Waals surface area contributed by atoms with Crippen LogP contribution in [0.4, 0.5) is 11.4 Å². The van der Waals surface area contributed by atoms with Crippen LogP contribution in [-0.2, 0) is 20.2 Å². The van der Waals surface area contributed by atoms with Crippen molar-refractivity contribution in [2.24, 2.45) is 10.2 Å². The molecule has 4 rings (SSSR count). The minimum Gasteiger partial charge on any atom is -0.471 e. The van der Waals surface area contributed by atoms with Crippen molar-refractivity contribution in [1.82, 2.24) is 4.98 Å². The number of nitrogens with one attached hydrogen (secondary N) is 1. The number of hydrogen-bond acceptors (Lipinski definition) is 7. The van der Waals surface area contributed by atoms with Gasteiger partial charge >= 0.3 is 0 Å². The molecule has 166 valence electrons. The molecule has 1 aromatic heterocycles. The summed E-state index contributed by atoms with van der Waals surface area (Å²) >= 11 is 0. The Morgan fingerprint density at radius 1 is 1.09 bits per heavy atom. The number of oxazole rings is 1. The maximum atomic E-state index is 11.3. The first-order valence-corrected chi connectivity index (χ1v) is 11.9. The van der Waals surface area contributed by atoms with Crippen LogP contribution in [0.25, 0.3) is 16.7 Å². The molecule has 1 aliphatic heterocycles. The van der Waals surface area contributed by atoms with Gasteiger partial charge in [-0.25, -0.2) is 13.4 Å². The molecule has 8 nitrogen and oxygen atoms in total. The number of ether oxygens (including phenoxy) is 1. The summed E-state index contributed by atoms with van der Waals surface area (Å²) in [4.78, 5) is 4.63. The molecule has 2 aromatic carbocycles. The molecule has 0 amide bonds. The Kier molecular flexibility index (Phi) is 5.60. The minimum absolute atomic E-state index is 0.0235. The lowest BCUT2D eigenvalue weighted by Crippen LogP contribution is -2.10. The Bertz CT molecular complexity index is 1330. The SMILES string of the molecule is CC(C)(C)c1ccc2oc(C3=CC(N=Nc4ccc(NS(C)(=O)=O)cc4)OC=C3)nc2c1. The lowest BCUT2D eigenvalue weighted by Gasteiger charge is -2.18. The van der Waals surface area contributed by atoms with Gasteiger partial charge in [-0.15, -0.1) is 5.11 Å². The maximum Gasteiger partial charge on any atom is 0.229 e. The van der Waals surface area contributed by atoms with Gasteiger partial charge in [0.25, 0.3) is 0 Å². The molecular formula is C23H24N4O4S. The summed E-state index contributed by atoms with van der Waals surface area (Å²) in [5.41, 5.74) is 4.50. The fraction of sp³-hybridized carbons (Fsp3) is 0.261. The van der Waals surface area contributed by atoms with Crippen molar-refractivity contribution in [3.05, 3.63) is 72.3 Å². The van der Waals surface area contributed by atoms with E-state index in [0.717, 1.165) is 22.9 Å². The average molecular weight is 453 g/mol. The second-order valence-electron chi connectivity index (χ2n) is 8.54. The van der Waals surface area contributed by atoms with Gasteiger partial charge in [-0.1, -0.05) is 26.8 Å². The summed E-state index contributed by atoms with van der Waals surface area (Å²) in [7, 11) is -3.33. The van der Waals surface area contributed by atoms with E-state index in [1.165, 1.54) is 11.8 Å². The fourth-order valence-corrected chi connectivity index (χ4v) is 3.66. The maximum absolute atomic E-state index is 11.3. The van der Waals surface area contributed by atoms with Crippen molar-refractivity contribution in [1.29, 1.82) is 0 Å². The van der Waals surface area contributed by atoms with E-state index in [-0.39, 0.29) is 5.41 Å². The first kappa shape index (κ1) is 21.8. The lowest BCUT2D eigenvalue weighted by atomic mass is 9.87. The van der Waals surface area contributed by atoms with Crippen LogP contribution in [0.15, 0.2) is 75.5 Å². The number of sulfonamides is 1. The number of allylic oxidation sites excluding steroid dienone is 2. The largest absolute Gasteiger partial charge is 0.471 e. The number of rotatable bonds is 5. The van der Waals surface area contributed by atoms with E-state index in [2.05, 4.69) is 46.8 Å². The van der Waals surface area contributed by atoms with Gasteiger partial charge < -0.3 is 9.15 Å². The van der Waals surface area contributed by atoms with Gasteiger partial charge in [-0.05, 0) is 59.5 Å². The molecule has 1 aliphatic rings. The van der Waals surface area contributed by atoms with Crippen LogP contribution in [0.1, 0.15) is 32.2 Å². The molecular weight excluding hydrogens is 428 g/mol. The summed E-state index contributed by atoms with van der Waals surface area (Å²) in [5, 5.41) is 8.37. The smallest absolute Gasteiger partial charge is 0.229 e. The van der Waals surface area contributed by atoms with E-state index in [1.807, 2.05) is 12.1 Å². The van der Waals surface area contributed by atoms with Gasteiger partial charge in [0.05, 0.1) is 18.2 Å². The number of hydrogen-bond donors (Lipinski definition) is 1. The van der Waals surface area contributed by atoms with Gasteiger partial charge in [0.2, 0.25) is 22.1 Å². The molecule has 0 fully saturated rings. The first-order chi connectivity index (χ1) is 15.1. The topological polar surface area (TPSA) is 106 Å². The van der Waals surface area contributed by atoms with Crippen molar-refractivity contribution in [3.8, 4) is 0 Å². The quantitative estimate of drug-likeness (QED) is 0.512. The summed E-state index contributed by atoms with van der Waals surface area (Å²) in [6.45, 7) is 6.47. The standard InChI is InChI=1S/C23H24N4O4S/c1-23(2,3)16-5-10-20-19(14-16)24-22(31-20)15-11-12-30-21(13-15)26-25-17-6-8-18(9-7-17)27-32(4,28)29/h5-14,21,27H,1-4H3. The van der Waals surface area contributed by atoms with Crippen LogP contribution < -0.4 is 4.72 Å². The highest BCUT2D eigenvalue weighted by Gasteiger charge is 2.18. The molecule has 0 saturated heterocycles. The molecule has 0 radical (unpaired) electrons. The van der Waals surface area contributed by atoms with Gasteiger partial charge in [0.15, 0.2) is 5.58 Å². The van der Waals surface area contributed by atoms with E-state index in [4.69, 9.17) is 9.15 Å². The Morgan fingerprint density at radius 3 is 2.53 bits per heavy atom. The van der Waals surface area contributed by atoms with Gasteiger partial charge in [0, 0.05) is 11.3 Å². The summed E-state index contributed by atoms with van der Waals surface area (Å²) < 4.78 is 36.4. The van der Waals surface area contributed by atoms with E-state index in [9.17, 15) is 8.42 Å². The third-order valence-corrected chi connectivity index (χ3v) is 5.35. The minimum atomic E-state index is -3.33. The molecule has 32 heavy (non-hydrogen) atoms. The van der Waals surface area contributed by atoms with E-state index < -0.39 is 16.3 Å². The van der Waals surface area contributed by atoms with E-state index in [0.29, 0.717) is 17.3 Å². The van der Waals surface area contributed by atoms with E-state index >= 15 is 0 Å². The number of aromatic nitrogens is 1. The number of benzene rings is 2. The molecule has 0 spiro atoms. The second kappa shape index (κ2) is 8.23. The summed E-state index contributed by atoms with van der Waals surface area (Å²) in [6, 6.07) is 12.6. The zero-order valence-electron chi connectivity index (χ0n) is 18.2. The fourth-order valence-electron chi connectivity index (χ4n) is 3.10. The van der Waals surface area contributed by atoms with Crippen molar-refractivity contribution in [2.45, 2.75) is 32.4 Å². The van der Waals surface area contributed by atoms with Crippen LogP contribution in [0.2, 0.25) is 0 Å². The molecule has 3 aromatic rings. The van der Waals surface area contributed by atoms with E-state index in [1.54, 1.807) is 36.4 Å². The Balaban J connectivity index is 1.51. The van der Waals surface area contributed by atoms with Crippen molar-refractivity contribution < 1.29 is 17.6 Å². The van der Waals surface area contributed by atoms with Crippen LogP contribution >= 0.6 is 0 Å². The Labute approximate surface area is 186 Å². The molecule has 2 heterocycles. The first-order valence-electron chi connectivity index (χ1n) is 10.0. The lowest BCUT2D eigenvalue weighted by molar-refractivity contribution is 0.186. The van der Waals surface area contributed by atoms with Crippen molar-refractivity contribution in [3.63, 3.8) is 0 Å². The van der Waals surface area contributed by atoms with Gasteiger partial charge in [0.1, 0.15) is 5.52 Å². The molecule has 1 N–H and O–H groups in total. The zero-order valence-corrected chi connectivity index (χ0v) is 19.1. The Hall–Kier alpha value is -3.46. The Morgan fingerprint density at radius 2 is 1.84 bits per heavy atom. The highest BCUT2D eigenvalue weighted by molar-refractivity contribution is 7.92. The molecule has 0 saturated carbocycles. The summed E-state index contributed by atoms with van der Waals surface area (Å²) in [5.74, 6) is 0.488. The molecule has 1 unspecified atom stereocenters. The van der Waals surface area contributed by atoms with Crippen LogP contribution in [-0.4, -0.2) is 25.9 Å². The zero-order chi connectivity index (χ0) is 22.9. The number of anilines is 1. The number of nitrogens with zero attached hydrogens (tertiary/aromatic N) is 3. The van der Waals surface area contributed by atoms with Crippen molar-refractivity contribution >= 4 is 38.1 Å². The van der Waals surface area contributed by atoms with Gasteiger partial charge in [-0.3, -0.25) is 4.72 Å². The molecule has 9 heteroatoms. The predicted molar refractivity (Wildman–Crippen MR) is 124 cm³/mol. The van der Waals surface area contributed by atoms with Gasteiger partial charge in [-0.2, -0.15) is 5.11 Å². The average Bonchev–Trinajstić information content (AvgIpc) is 3.15. The number of azo groups is 1. The normalized spacial score (nSPS) is 16.9. The summed E-state index contributed by atoms with van der Waals surface area (Å²) in [6.07, 6.45) is 5.54. The third kappa shape index (κ3) is 5.23.